The molecule has 7 heteroatoms. The fraction of sp³-hybridized carbons (Fsp3) is 0.190. The van der Waals surface area contributed by atoms with Gasteiger partial charge >= 0.3 is 0 Å². The molecule has 1 aliphatic heterocycles. The topological polar surface area (TPSA) is 76.0 Å². The molecule has 2 aromatic carbocycles. The lowest BCUT2D eigenvalue weighted by atomic mass is 10.1. The third-order valence-corrected chi connectivity index (χ3v) is 5.89. The van der Waals surface area contributed by atoms with Crippen LogP contribution in [0.2, 0.25) is 0 Å². The molecule has 0 aliphatic carbocycles. The van der Waals surface area contributed by atoms with E-state index in [1.807, 2.05) is 54.9 Å². The first-order chi connectivity index (χ1) is 13.5. The van der Waals surface area contributed by atoms with Crippen LogP contribution >= 0.6 is 11.8 Å². The highest BCUT2D eigenvalue weighted by Gasteiger charge is 2.24. The number of thioether (sulfide) groups is 1. The largest absolute Gasteiger partial charge is 0.346 e. The molecule has 28 heavy (non-hydrogen) atoms. The van der Waals surface area contributed by atoms with Crippen molar-refractivity contribution in [2.24, 2.45) is 0 Å². The Balaban J connectivity index is 1.46. The number of aromatic nitrogens is 2. The van der Waals surface area contributed by atoms with Crippen LogP contribution in [0.3, 0.4) is 0 Å². The zero-order valence-corrected chi connectivity index (χ0v) is 16.4. The molecule has 2 heterocycles. The van der Waals surface area contributed by atoms with Crippen LogP contribution in [-0.4, -0.2) is 26.6 Å². The molecule has 0 bridgehead atoms. The number of fused-ring (bicyclic) bond motifs is 1. The molecule has 6 nitrogen and oxygen atoms in total. The summed E-state index contributed by atoms with van der Waals surface area (Å²) in [7, 11) is 0. The number of hydrogen-bond donors (Lipinski definition) is 2. The monoisotopic (exact) mass is 392 g/mol. The maximum Gasteiger partial charge on any atom is 0.251 e. The van der Waals surface area contributed by atoms with E-state index in [9.17, 15) is 9.59 Å². The van der Waals surface area contributed by atoms with Crippen LogP contribution in [0, 0.1) is 0 Å². The third kappa shape index (κ3) is 3.66. The van der Waals surface area contributed by atoms with E-state index in [0.29, 0.717) is 11.3 Å². The van der Waals surface area contributed by atoms with Gasteiger partial charge in [-0.15, -0.1) is 11.8 Å². The van der Waals surface area contributed by atoms with E-state index in [1.165, 1.54) is 11.8 Å². The predicted octanol–water partition coefficient (Wildman–Crippen LogP) is 3.80. The number of nitrogens with one attached hydrogen (secondary N) is 2. The van der Waals surface area contributed by atoms with Crippen LogP contribution in [0.4, 0.5) is 5.69 Å². The fourth-order valence-electron chi connectivity index (χ4n) is 3.06. The molecule has 0 spiro atoms. The molecule has 4 rings (SSSR count). The summed E-state index contributed by atoms with van der Waals surface area (Å²) in [6, 6.07) is 13.2. The summed E-state index contributed by atoms with van der Waals surface area (Å²) < 4.78 is 1.92. The van der Waals surface area contributed by atoms with Crippen molar-refractivity contribution in [3.05, 3.63) is 72.3 Å². The summed E-state index contributed by atoms with van der Waals surface area (Å²) in [6.07, 6.45) is 5.36. The van der Waals surface area contributed by atoms with Gasteiger partial charge in [0.2, 0.25) is 5.91 Å². The van der Waals surface area contributed by atoms with Crippen molar-refractivity contribution in [2.45, 2.75) is 30.0 Å². The third-order valence-electron chi connectivity index (χ3n) is 4.72. The molecule has 2 N–H and O–H groups in total. The Morgan fingerprint density at radius 1 is 1.25 bits per heavy atom. The number of rotatable bonds is 4. The molecular weight excluding hydrogens is 372 g/mol. The van der Waals surface area contributed by atoms with Gasteiger partial charge in [0.25, 0.3) is 5.91 Å². The highest BCUT2D eigenvalue weighted by Crippen LogP contribution is 2.36. The highest BCUT2D eigenvalue weighted by molar-refractivity contribution is 8.00. The van der Waals surface area contributed by atoms with E-state index in [2.05, 4.69) is 15.6 Å². The van der Waals surface area contributed by atoms with Gasteiger partial charge in [0.1, 0.15) is 0 Å². The number of anilines is 1. The lowest BCUT2D eigenvalue weighted by Crippen LogP contribution is -2.28. The van der Waals surface area contributed by atoms with Crippen molar-refractivity contribution in [3.63, 3.8) is 0 Å². The Bertz CT molecular complexity index is 1020. The van der Waals surface area contributed by atoms with Gasteiger partial charge in [-0.2, -0.15) is 0 Å². The Morgan fingerprint density at radius 2 is 2.04 bits per heavy atom. The van der Waals surface area contributed by atoms with E-state index < -0.39 is 0 Å². The van der Waals surface area contributed by atoms with Crippen LogP contribution in [0.1, 0.15) is 35.8 Å². The Kier molecular flexibility index (Phi) is 4.92. The van der Waals surface area contributed by atoms with Gasteiger partial charge in [-0.3, -0.25) is 9.59 Å². The van der Waals surface area contributed by atoms with Crippen molar-refractivity contribution in [1.82, 2.24) is 14.9 Å². The SMILES string of the molecule is C[C@H](NC(=O)c1ccc2c(c1)NC(=O)[C@@H](C)S2)c1ccc(-n2ccnc2)cc1. The van der Waals surface area contributed by atoms with E-state index in [1.54, 1.807) is 24.7 Å². The van der Waals surface area contributed by atoms with E-state index in [0.717, 1.165) is 16.1 Å². The maximum absolute atomic E-state index is 12.7. The van der Waals surface area contributed by atoms with Crippen molar-refractivity contribution in [2.75, 3.05) is 5.32 Å². The van der Waals surface area contributed by atoms with Crippen LogP contribution in [0.15, 0.2) is 66.1 Å². The summed E-state index contributed by atoms with van der Waals surface area (Å²) in [4.78, 5) is 29.6. The van der Waals surface area contributed by atoms with E-state index >= 15 is 0 Å². The second-order valence-corrected chi connectivity index (χ2v) is 8.10. The number of amides is 2. The molecule has 0 saturated carbocycles. The standard InChI is InChI=1S/C21H20N4O2S/c1-13(15-3-6-17(7-4-15)25-10-9-22-12-25)23-21(27)16-5-8-19-18(11-16)24-20(26)14(2)28-19/h3-14H,1-2H3,(H,23,27)(H,24,26)/t13-,14+/m0/s1. The highest BCUT2D eigenvalue weighted by atomic mass is 32.2. The van der Waals surface area contributed by atoms with Gasteiger partial charge in [0.15, 0.2) is 0 Å². The molecule has 0 unspecified atom stereocenters. The number of nitrogens with zero attached hydrogens (tertiary/aromatic N) is 2. The second kappa shape index (κ2) is 7.52. The molecule has 0 fully saturated rings. The Morgan fingerprint density at radius 3 is 2.75 bits per heavy atom. The molecule has 2 amide bonds. The van der Waals surface area contributed by atoms with Gasteiger partial charge in [-0.05, 0) is 49.7 Å². The van der Waals surface area contributed by atoms with Gasteiger partial charge in [0, 0.05) is 28.5 Å². The average Bonchev–Trinajstić information content (AvgIpc) is 3.23. The zero-order valence-electron chi connectivity index (χ0n) is 15.5. The number of imidazole rings is 1. The van der Waals surface area contributed by atoms with Gasteiger partial charge in [0.05, 0.1) is 23.3 Å². The van der Waals surface area contributed by atoms with Gasteiger partial charge in [-0.1, -0.05) is 12.1 Å². The number of carbonyl (C=O) groups is 2. The Labute approximate surface area is 167 Å². The van der Waals surface area contributed by atoms with Crippen molar-refractivity contribution in [1.29, 1.82) is 0 Å². The van der Waals surface area contributed by atoms with Crippen LogP contribution in [0.25, 0.3) is 5.69 Å². The molecule has 142 valence electrons. The quantitative estimate of drug-likeness (QED) is 0.708. The summed E-state index contributed by atoms with van der Waals surface area (Å²) in [5, 5.41) is 5.75. The smallest absolute Gasteiger partial charge is 0.251 e. The minimum Gasteiger partial charge on any atom is -0.346 e. The molecular formula is C21H20N4O2S. The molecule has 0 saturated heterocycles. The fourth-order valence-corrected chi connectivity index (χ4v) is 3.99. The normalized spacial score (nSPS) is 16.8. The van der Waals surface area contributed by atoms with Crippen LogP contribution < -0.4 is 10.6 Å². The predicted molar refractivity (Wildman–Crippen MR) is 110 cm³/mol. The van der Waals surface area contributed by atoms with E-state index in [-0.39, 0.29) is 23.1 Å². The first kappa shape index (κ1) is 18.3. The van der Waals surface area contributed by atoms with Crippen molar-refractivity contribution >= 4 is 29.3 Å². The molecule has 3 aromatic rings. The van der Waals surface area contributed by atoms with Crippen molar-refractivity contribution in [3.8, 4) is 5.69 Å². The van der Waals surface area contributed by atoms with Crippen molar-refractivity contribution < 1.29 is 9.59 Å². The summed E-state index contributed by atoms with van der Waals surface area (Å²) in [5.41, 5.74) is 3.24. The molecule has 2 atom stereocenters. The van der Waals surface area contributed by atoms with Gasteiger partial charge in [-0.25, -0.2) is 4.98 Å². The summed E-state index contributed by atoms with van der Waals surface area (Å²) >= 11 is 1.50. The maximum atomic E-state index is 12.7. The number of benzene rings is 2. The zero-order chi connectivity index (χ0) is 19.7. The van der Waals surface area contributed by atoms with Crippen LogP contribution in [-0.2, 0) is 4.79 Å². The first-order valence-electron chi connectivity index (χ1n) is 9.02. The first-order valence-corrected chi connectivity index (χ1v) is 9.90. The number of carbonyl (C=O) groups excluding carboxylic acids is 2. The van der Waals surface area contributed by atoms with Gasteiger partial charge < -0.3 is 15.2 Å². The summed E-state index contributed by atoms with van der Waals surface area (Å²) in [5.74, 6) is -0.215. The molecule has 1 aliphatic rings. The Hall–Kier alpha value is -3.06. The average molecular weight is 392 g/mol. The second-order valence-electron chi connectivity index (χ2n) is 6.72. The van der Waals surface area contributed by atoms with Crippen LogP contribution in [0.5, 0.6) is 0 Å². The molecule has 1 aromatic heterocycles. The lowest BCUT2D eigenvalue weighted by molar-refractivity contribution is -0.115. The molecule has 0 radical (unpaired) electrons. The summed E-state index contributed by atoms with van der Waals surface area (Å²) in [6.45, 7) is 3.81. The minimum absolute atomic E-state index is 0.0404. The lowest BCUT2D eigenvalue weighted by Gasteiger charge is -2.22. The number of hydrogen-bond acceptors (Lipinski definition) is 4. The minimum atomic E-state index is -0.174. The van der Waals surface area contributed by atoms with E-state index in [4.69, 9.17) is 0 Å².